The lowest BCUT2D eigenvalue weighted by Gasteiger charge is -2.34. The first-order chi connectivity index (χ1) is 5.74. The van der Waals surface area contributed by atoms with Gasteiger partial charge in [0.25, 0.3) is 0 Å². The van der Waals surface area contributed by atoms with Crippen molar-refractivity contribution in [3.8, 4) is 0 Å². The van der Waals surface area contributed by atoms with Gasteiger partial charge in [-0.3, -0.25) is 4.90 Å². The summed E-state index contributed by atoms with van der Waals surface area (Å²) in [5, 5.41) is 9.48. The summed E-state index contributed by atoms with van der Waals surface area (Å²) in [4.78, 5) is 2.39. The van der Waals surface area contributed by atoms with Crippen molar-refractivity contribution in [2.75, 3.05) is 24.6 Å². The Morgan fingerprint density at radius 1 is 1.67 bits per heavy atom. The zero-order valence-corrected chi connectivity index (χ0v) is 8.81. The molecule has 0 aromatic heterocycles. The highest BCUT2D eigenvalue weighted by molar-refractivity contribution is 7.99. The number of β-amino-alcohol motifs (C(OH)–C–C–N with tert-alkyl or cyclic N) is 1. The number of hydrogen-bond donors (Lipinski definition) is 1. The third-order valence-electron chi connectivity index (χ3n) is 2.42. The number of nitrogens with zero attached hydrogens (tertiary/aromatic N) is 1. The zero-order valence-electron chi connectivity index (χ0n) is 7.99. The number of thioether (sulfide) groups is 1. The molecule has 1 fully saturated rings. The first-order valence-corrected chi connectivity index (χ1v) is 5.89. The molecule has 0 aromatic rings. The van der Waals surface area contributed by atoms with Crippen LogP contribution in [0.3, 0.4) is 0 Å². The van der Waals surface area contributed by atoms with Crippen molar-refractivity contribution in [2.24, 2.45) is 0 Å². The van der Waals surface area contributed by atoms with Crippen LogP contribution in [0, 0.1) is 0 Å². The second-order valence-electron chi connectivity index (χ2n) is 3.48. The van der Waals surface area contributed by atoms with E-state index in [1.54, 1.807) is 0 Å². The fourth-order valence-electron chi connectivity index (χ4n) is 1.43. The summed E-state index contributed by atoms with van der Waals surface area (Å²) < 4.78 is 0. The van der Waals surface area contributed by atoms with Crippen LogP contribution in [0.2, 0.25) is 0 Å². The van der Waals surface area contributed by atoms with Gasteiger partial charge in [-0.05, 0) is 13.3 Å². The van der Waals surface area contributed by atoms with E-state index in [-0.39, 0.29) is 6.10 Å². The van der Waals surface area contributed by atoms with E-state index < -0.39 is 0 Å². The fourth-order valence-corrected chi connectivity index (χ4v) is 2.51. The quantitative estimate of drug-likeness (QED) is 0.721. The fraction of sp³-hybridized carbons (Fsp3) is 1.00. The van der Waals surface area contributed by atoms with Crippen LogP contribution in [0.15, 0.2) is 0 Å². The number of aliphatic hydroxyl groups excluding tert-OH is 1. The van der Waals surface area contributed by atoms with E-state index in [9.17, 15) is 5.11 Å². The molecule has 0 amide bonds. The topological polar surface area (TPSA) is 23.5 Å². The molecule has 2 atom stereocenters. The van der Waals surface area contributed by atoms with Crippen LogP contribution in [-0.2, 0) is 0 Å². The second-order valence-corrected chi connectivity index (χ2v) is 4.63. The van der Waals surface area contributed by atoms with E-state index in [0.29, 0.717) is 6.04 Å². The third kappa shape index (κ3) is 2.96. The van der Waals surface area contributed by atoms with Gasteiger partial charge in [0, 0.05) is 30.6 Å². The monoisotopic (exact) mass is 189 g/mol. The van der Waals surface area contributed by atoms with Crippen molar-refractivity contribution in [3.05, 3.63) is 0 Å². The van der Waals surface area contributed by atoms with Crippen LogP contribution in [0.5, 0.6) is 0 Å². The highest BCUT2D eigenvalue weighted by atomic mass is 32.2. The van der Waals surface area contributed by atoms with Gasteiger partial charge in [-0.15, -0.1) is 0 Å². The maximum Gasteiger partial charge on any atom is 0.0664 e. The average Bonchev–Trinajstić information content (AvgIpc) is 2.09. The Hall–Kier alpha value is 0.270. The van der Waals surface area contributed by atoms with Gasteiger partial charge in [-0.2, -0.15) is 11.8 Å². The average molecular weight is 189 g/mol. The Labute approximate surface area is 79.3 Å². The smallest absolute Gasteiger partial charge is 0.0664 e. The molecule has 72 valence electrons. The van der Waals surface area contributed by atoms with Crippen LogP contribution in [0.1, 0.15) is 20.3 Å². The number of hydrogen-bond acceptors (Lipinski definition) is 3. The largest absolute Gasteiger partial charge is 0.392 e. The van der Waals surface area contributed by atoms with E-state index in [1.165, 1.54) is 11.5 Å². The van der Waals surface area contributed by atoms with Crippen molar-refractivity contribution < 1.29 is 5.11 Å². The molecule has 0 bridgehead atoms. The lowest BCUT2D eigenvalue weighted by atomic mass is 10.2. The molecule has 2 nitrogen and oxygen atoms in total. The van der Waals surface area contributed by atoms with Crippen molar-refractivity contribution in [3.63, 3.8) is 0 Å². The third-order valence-corrected chi connectivity index (χ3v) is 3.61. The minimum absolute atomic E-state index is 0.129. The molecule has 3 heteroatoms. The predicted octanol–water partition coefficient (Wildman–Crippen LogP) is 1.19. The molecule has 0 saturated carbocycles. The van der Waals surface area contributed by atoms with E-state index in [1.807, 2.05) is 18.7 Å². The molecule has 0 aliphatic carbocycles. The first-order valence-electron chi connectivity index (χ1n) is 4.74. The van der Waals surface area contributed by atoms with Crippen LogP contribution in [0.25, 0.3) is 0 Å². The van der Waals surface area contributed by atoms with E-state index in [2.05, 4.69) is 11.8 Å². The van der Waals surface area contributed by atoms with Gasteiger partial charge >= 0.3 is 0 Å². The molecule has 1 aliphatic heterocycles. The van der Waals surface area contributed by atoms with Crippen LogP contribution in [-0.4, -0.2) is 46.7 Å². The van der Waals surface area contributed by atoms with Crippen molar-refractivity contribution in [1.82, 2.24) is 4.90 Å². The maximum atomic E-state index is 9.48. The highest BCUT2D eigenvalue weighted by Crippen LogP contribution is 2.16. The van der Waals surface area contributed by atoms with Crippen molar-refractivity contribution >= 4 is 11.8 Å². The van der Waals surface area contributed by atoms with Crippen LogP contribution in [0.4, 0.5) is 0 Å². The summed E-state index contributed by atoms with van der Waals surface area (Å²) in [7, 11) is 0. The summed E-state index contributed by atoms with van der Waals surface area (Å²) in [6.45, 7) is 6.28. The van der Waals surface area contributed by atoms with Gasteiger partial charge in [0.05, 0.1) is 6.10 Å². The first kappa shape index (κ1) is 10.4. The molecule has 1 saturated heterocycles. The molecule has 1 rings (SSSR count). The normalized spacial score (nSPS) is 28.8. The van der Waals surface area contributed by atoms with Gasteiger partial charge in [-0.1, -0.05) is 6.92 Å². The Morgan fingerprint density at radius 2 is 2.42 bits per heavy atom. The van der Waals surface area contributed by atoms with Crippen molar-refractivity contribution in [1.29, 1.82) is 0 Å². The Balaban J connectivity index is 2.28. The Morgan fingerprint density at radius 3 is 3.00 bits per heavy atom. The molecule has 0 radical (unpaired) electrons. The van der Waals surface area contributed by atoms with Gasteiger partial charge in [0.1, 0.15) is 0 Å². The molecular formula is C9H19NOS. The Kier molecular flexibility index (Phi) is 4.40. The van der Waals surface area contributed by atoms with Gasteiger partial charge in [-0.25, -0.2) is 0 Å². The zero-order chi connectivity index (χ0) is 8.97. The second kappa shape index (κ2) is 5.10. The van der Waals surface area contributed by atoms with E-state index >= 15 is 0 Å². The summed E-state index contributed by atoms with van der Waals surface area (Å²) in [6, 6.07) is 0.643. The molecular weight excluding hydrogens is 170 g/mol. The number of rotatable bonds is 3. The molecule has 1 N–H and O–H groups in total. The van der Waals surface area contributed by atoms with Gasteiger partial charge in [0.15, 0.2) is 0 Å². The lowest BCUT2D eigenvalue weighted by Crippen LogP contribution is -2.44. The molecule has 1 aliphatic rings. The minimum atomic E-state index is -0.129. The van der Waals surface area contributed by atoms with Gasteiger partial charge in [0.2, 0.25) is 0 Å². The maximum absolute atomic E-state index is 9.48. The standard InChI is InChI=1S/C9H19NOS/c1-3-9(11)6-10-4-5-12-7-8(10)2/h8-9,11H,3-7H2,1-2H3. The van der Waals surface area contributed by atoms with E-state index in [0.717, 1.165) is 19.5 Å². The molecule has 0 spiro atoms. The van der Waals surface area contributed by atoms with Crippen LogP contribution >= 0.6 is 11.8 Å². The summed E-state index contributed by atoms with van der Waals surface area (Å²) >= 11 is 2.02. The summed E-state index contributed by atoms with van der Waals surface area (Å²) in [5.41, 5.74) is 0. The number of aliphatic hydroxyl groups is 1. The van der Waals surface area contributed by atoms with Crippen molar-refractivity contribution in [2.45, 2.75) is 32.4 Å². The highest BCUT2D eigenvalue weighted by Gasteiger charge is 2.19. The lowest BCUT2D eigenvalue weighted by molar-refractivity contribution is 0.0959. The van der Waals surface area contributed by atoms with Gasteiger partial charge < -0.3 is 5.11 Å². The SMILES string of the molecule is CCC(O)CN1CCSCC1C. The molecule has 12 heavy (non-hydrogen) atoms. The molecule has 2 unspecified atom stereocenters. The summed E-state index contributed by atoms with van der Waals surface area (Å²) in [5.74, 6) is 2.44. The molecule has 1 heterocycles. The Bertz CT molecular complexity index is 132. The molecule has 0 aromatic carbocycles. The summed E-state index contributed by atoms with van der Waals surface area (Å²) in [6.07, 6.45) is 0.742. The predicted molar refractivity (Wildman–Crippen MR) is 54.7 cm³/mol. The van der Waals surface area contributed by atoms with Crippen LogP contribution < -0.4 is 0 Å². The van der Waals surface area contributed by atoms with E-state index in [4.69, 9.17) is 0 Å². The minimum Gasteiger partial charge on any atom is -0.392 e.